The highest BCUT2D eigenvalue weighted by molar-refractivity contribution is 5.91. The average molecular weight is 174 g/mol. The maximum absolute atomic E-state index is 10.4. The fraction of sp³-hybridized carbons (Fsp3) is 0. The van der Waals surface area contributed by atoms with E-state index in [-0.39, 0.29) is 0 Å². The predicted molar refractivity (Wildman–Crippen MR) is 50.4 cm³/mol. The van der Waals surface area contributed by atoms with E-state index >= 15 is 0 Å². The Bertz CT molecular complexity index is 414. The maximum atomic E-state index is 10.4. The second-order valence-electron chi connectivity index (χ2n) is 2.72. The fourth-order valence-corrected chi connectivity index (χ4v) is 1.26. The van der Waals surface area contributed by atoms with E-state index in [4.69, 9.17) is 5.73 Å². The number of amides is 2. The van der Waals surface area contributed by atoms with Crippen LogP contribution in [0.4, 0.5) is 10.6 Å². The SMILES string of the molecule is [NH]C(=O)Nc1cc2ccccc2[nH]1. The lowest BCUT2D eigenvalue weighted by Crippen LogP contribution is -2.09. The van der Waals surface area contributed by atoms with E-state index in [2.05, 4.69) is 10.3 Å². The number of H-pyrrole nitrogens is 1. The number of carbonyl (C=O) groups excluding carboxylic acids is 1. The Morgan fingerprint density at radius 2 is 2.15 bits per heavy atom. The highest BCUT2D eigenvalue weighted by atomic mass is 16.2. The molecule has 0 aliphatic heterocycles. The van der Waals surface area contributed by atoms with Crippen LogP contribution >= 0.6 is 0 Å². The Labute approximate surface area is 74.7 Å². The monoisotopic (exact) mass is 174 g/mol. The molecule has 1 aromatic carbocycles. The van der Waals surface area contributed by atoms with Gasteiger partial charge in [0.05, 0.1) is 0 Å². The third-order valence-electron chi connectivity index (χ3n) is 1.78. The quantitative estimate of drug-likeness (QED) is 0.681. The number of para-hydroxylation sites is 1. The van der Waals surface area contributed by atoms with E-state index in [1.807, 2.05) is 24.3 Å². The molecule has 0 fully saturated rings. The Hall–Kier alpha value is -1.97. The molecule has 1 aromatic heterocycles. The van der Waals surface area contributed by atoms with E-state index < -0.39 is 6.03 Å². The first kappa shape index (κ1) is 7.67. The van der Waals surface area contributed by atoms with Gasteiger partial charge in [-0.3, -0.25) is 5.32 Å². The van der Waals surface area contributed by atoms with Crippen LogP contribution in [-0.4, -0.2) is 11.0 Å². The van der Waals surface area contributed by atoms with Gasteiger partial charge in [-0.1, -0.05) is 18.2 Å². The van der Waals surface area contributed by atoms with Gasteiger partial charge in [0.25, 0.3) is 0 Å². The molecule has 1 heterocycles. The first-order valence-corrected chi connectivity index (χ1v) is 3.86. The second kappa shape index (κ2) is 2.82. The lowest BCUT2D eigenvalue weighted by atomic mass is 10.2. The number of fused-ring (bicyclic) bond motifs is 1. The third kappa shape index (κ3) is 1.46. The number of hydrogen-bond acceptors (Lipinski definition) is 1. The maximum Gasteiger partial charge on any atom is 0.339 e. The zero-order valence-corrected chi connectivity index (χ0v) is 6.79. The second-order valence-corrected chi connectivity index (χ2v) is 2.72. The number of nitrogens with one attached hydrogen (secondary N) is 3. The topological polar surface area (TPSA) is 68.7 Å². The summed E-state index contributed by atoms with van der Waals surface area (Å²) in [5.41, 5.74) is 7.67. The lowest BCUT2D eigenvalue weighted by molar-refractivity contribution is 0.258. The number of anilines is 1. The van der Waals surface area contributed by atoms with Gasteiger partial charge in [-0.15, -0.1) is 0 Å². The van der Waals surface area contributed by atoms with Gasteiger partial charge in [0.15, 0.2) is 0 Å². The first-order chi connectivity index (χ1) is 6.25. The van der Waals surface area contributed by atoms with Crippen LogP contribution in [0.3, 0.4) is 0 Å². The number of carbonyl (C=O) groups is 1. The summed E-state index contributed by atoms with van der Waals surface area (Å²) in [6, 6.07) is 8.65. The van der Waals surface area contributed by atoms with Crippen LogP contribution in [0.15, 0.2) is 30.3 Å². The van der Waals surface area contributed by atoms with Crippen molar-refractivity contribution in [2.24, 2.45) is 0 Å². The number of hydrogen-bond donors (Lipinski definition) is 2. The molecule has 0 unspecified atom stereocenters. The Morgan fingerprint density at radius 3 is 2.85 bits per heavy atom. The molecule has 0 spiro atoms. The summed E-state index contributed by atoms with van der Waals surface area (Å²) in [4.78, 5) is 13.4. The van der Waals surface area contributed by atoms with Crippen LogP contribution in [0.2, 0.25) is 0 Å². The summed E-state index contributed by atoms with van der Waals surface area (Å²) >= 11 is 0. The van der Waals surface area contributed by atoms with Crippen molar-refractivity contribution in [2.45, 2.75) is 0 Å². The van der Waals surface area contributed by atoms with E-state index in [0.717, 1.165) is 10.9 Å². The molecule has 4 heteroatoms. The lowest BCUT2D eigenvalue weighted by Gasteiger charge is -1.92. The first-order valence-electron chi connectivity index (χ1n) is 3.86. The standard InChI is InChI=1S/C9H8N3O/c10-9(13)12-8-5-6-3-1-2-4-7(6)11-8/h1-5,10-11H,(H,12,13). The highest BCUT2D eigenvalue weighted by Gasteiger charge is 2.00. The van der Waals surface area contributed by atoms with E-state index in [0.29, 0.717) is 5.82 Å². The predicted octanol–water partition coefficient (Wildman–Crippen LogP) is 1.98. The molecular weight excluding hydrogens is 166 g/mol. The number of rotatable bonds is 1. The summed E-state index contributed by atoms with van der Waals surface area (Å²) in [5.74, 6) is 0.557. The number of aromatic nitrogens is 1. The minimum atomic E-state index is -0.813. The molecule has 0 saturated heterocycles. The molecule has 0 atom stereocenters. The Kier molecular flexibility index (Phi) is 1.66. The molecule has 0 bridgehead atoms. The van der Waals surface area contributed by atoms with Crippen molar-refractivity contribution in [3.8, 4) is 0 Å². The van der Waals surface area contributed by atoms with Crippen molar-refractivity contribution in [3.63, 3.8) is 0 Å². The molecule has 2 amide bonds. The largest absolute Gasteiger partial charge is 0.341 e. The molecular formula is C9H8N3O. The van der Waals surface area contributed by atoms with Crippen LogP contribution in [0.5, 0.6) is 0 Å². The normalized spacial score (nSPS) is 10.2. The van der Waals surface area contributed by atoms with Gasteiger partial charge in [0, 0.05) is 10.9 Å². The molecule has 13 heavy (non-hydrogen) atoms. The van der Waals surface area contributed by atoms with Gasteiger partial charge in [0.1, 0.15) is 5.82 Å². The van der Waals surface area contributed by atoms with Crippen LogP contribution in [-0.2, 0) is 0 Å². The molecule has 1 radical (unpaired) electrons. The number of benzene rings is 1. The Balaban J connectivity index is 2.44. The molecule has 65 valence electrons. The molecule has 4 nitrogen and oxygen atoms in total. The summed E-state index contributed by atoms with van der Waals surface area (Å²) in [7, 11) is 0. The number of urea groups is 1. The van der Waals surface area contributed by atoms with Gasteiger partial charge in [-0.05, 0) is 12.1 Å². The van der Waals surface area contributed by atoms with Crippen molar-refractivity contribution >= 4 is 22.8 Å². The summed E-state index contributed by atoms with van der Waals surface area (Å²) in [6.45, 7) is 0. The van der Waals surface area contributed by atoms with Gasteiger partial charge < -0.3 is 4.98 Å². The van der Waals surface area contributed by atoms with Crippen molar-refractivity contribution in [1.29, 1.82) is 0 Å². The summed E-state index contributed by atoms with van der Waals surface area (Å²) in [5, 5.41) is 3.39. The van der Waals surface area contributed by atoms with E-state index in [1.54, 1.807) is 6.07 Å². The molecule has 3 N–H and O–H groups in total. The van der Waals surface area contributed by atoms with Gasteiger partial charge in [0.2, 0.25) is 0 Å². The minimum Gasteiger partial charge on any atom is -0.341 e. The number of aromatic amines is 1. The fourth-order valence-electron chi connectivity index (χ4n) is 1.26. The summed E-state index contributed by atoms with van der Waals surface area (Å²) in [6.07, 6.45) is 0. The van der Waals surface area contributed by atoms with Gasteiger partial charge in [-0.2, -0.15) is 0 Å². The van der Waals surface area contributed by atoms with E-state index in [1.165, 1.54) is 0 Å². The molecule has 2 aromatic rings. The minimum absolute atomic E-state index is 0.557. The van der Waals surface area contributed by atoms with Crippen LogP contribution < -0.4 is 11.1 Å². The van der Waals surface area contributed by atoms with E-state index in [9.17, 15) is 4.79 Å². The van der Waals surface area contributed by atoms with Crippen molar-refractivity contribution in [1.82, 2.24) is 10.7 Å². The van der Waals surface area contributed by atoms with Crippen LogP contribution in [0, 0.1) is 0 Å². The smallest absolute Gasteiger partial charge is 0.339 e. The van der Waals surface area contributed by atoms with Gasteiger partial charge in [-0.25, -0.2) is 10.5 Å². The van der Waals surface area contributed by atoms with Crippen molar-refractivity contribution in [3.05, 3.63) is 30.3 Å². The third-order valence-corrected chi connectivity index (χ3v) is 1.78. The highest BCUT2D eigenvalue weighted by Crippen LogP contribution is 2.17. The Morgan fingerprint density at radius 1 is 1.38 bits per heavy atom. The molecule has 0 saturated carbocycles. The zero-order valence-electron chi connectivity index (χ0n) is 6.79. The molecule has 0 aliphatic carbocycles. The zero-order chi connectivity index (χ0) is 9.26. The average Bonchev–Trinajstić information content (AvgIpc) is 2.44. The van der Waals surface area contributed by atoms with Crippen molar-refractivity contribution in [2.75, 3.05) is 5.32 Å². The van der Waals surface area contributed by atoms with Crippen molar-refractivity contribution < 1.29 is 4.79 Å². The molecule has 2 rings (SSSR count). The van der Waals surface area contributed by atoms with Crippen LogP contribution in [0.25, 0.3) is 10.9 Å². The van der Waals surface area contributed by atoms with Crippen LogP contribution in [0.1, 0.15) is 0 Å². The summed E-state index contributed by atoms with van der Waals surface area (Å²) < 4.78 is 0. The molecule has 0 aliphatic rings. The van der Waals surface area contributed by atoms with Gasteiger partial charge >= 0.3 is 6.03 Å².